The van der Waals surface area contributed by atoms with Gasteiger partial charge in [0.25, 0.3) is 0 Å². The van der Waals surface area contributed by atoms with Crippen molar-refractivity contribution in [2.24, 2.45) is 0 Å². The number of halogens is 1. The molecule has 16 heavy (non-hydrogen) atoms. The maximum absolute atomic E-state index is 13.1. The SMILES string of the molecule is Cc1cc(Cc2ccc(N)nc2)ccc1F. The smallest absolute Gasteiger partial charge is 0.126 e. The number of nitrogens with zero attached hydrogens (tertiary/aromatic N) is 1. The molecular weight excluding hydrogens is 203 g/mol. The Morgan fingerprint density at radius 2 is 1.94 bits per heavy atom. The minimum absolute atomic E-state index is 0.167. The molecule has 0 aliphatic carbocycles. The standard InChI is InChI=1S/C13H13FN2/c1-9-6-10(2-4-12(9)14)7-11-3-5-13(15)16-8-11/h2-6,8H,7H2,1H3,(H2,15,16). The second-order valence-corrected chi connectivity index (χ2v) is 3.85. The van der Waals surface area contributed by atoms with Crippen molar-refractivity contribution in [2.45, 2.75) is 13.3 Å². The van der Waals surface area contributed by atoms with Crippen LogP contribution in [0.4, 0.5) is 10.2 Å². The fourth-order valence-electron chi connectivity index (χ4n) is 1.59. The highest BCUT2D eigenvalue weighted by molar-refractivity contribution is 5.33. The number of aromatic nitrogens is 1. The second kappa shape index (κ2) is 4.31. The van der Waals surface area contributed by atoms with Crippen molar-refractivity contribution in [3.8, 4) is 0 Å². The Kier molecular flexibility index (Phi) is 2.86. The summed E-state index contributed by atoms with van der Waals surface area (Å²) in [5, 5.41) is 0. The molecule has 0 bridgehead atoms. The number of benzene rings is 1. The molecule has 0 aliphatic rings. The van der Waals surface area contributed by atoms with Crippen LogP contribution in [0.15, 0.2) is 36.5 Å². The molecule has 0 saturated heterocycles. The molecule has 0 spiro atoms. The van der Waals surface area contributed by atoms with E-state index in [4.69, 9.17) is 5.73 Å². The zero-order valence-corrected chi connectivity index (χ0v) is 9.07. The molecule has 0 unspecified atom stereocenters. The molecule has 0 aliphatic heterocycles. The van der Waals surface area contributed by atoms with Crippen LogP contribution in [-0.4, -0.2) is 4.98 Å². The summed E-state index contributed by atoms with van der Waals surface area (Å²) in [6, 6.07) is 8.84. The third-order valence-corrected chi connectivity index (χ3v) is 2.48. The summed E-state index contributed by atoms with van der Waals surface area (Å²) in [4.78, 5) is 4.02. The van der Waals surface area contributed by atoms with Crippen LogP contribution < -0.4 is 5.73 Å². The first-order chi connectivity index (χ1) is 7.65. The normalized spacial score (nSPS) is 10.4. The van der Waals surface area contributed by atoms with Gasteiger partial charge in [-0.25, -0.2) is 9.37 Å². The van der Waals surface area contributed by atoms with Gasteiger partial charge in [-0.3, -0.25) is 0 Å². The van der Waals surface area contributed by atoms with Gasteiger partial charge in [-0.2, -0.15) is 0 Å². The molecule has 2 nitrogen and oxygen atoms in total. The minimum atomic E-state index is -0.167. The summed E-state index contributed by atoms with van der Waals surface area (Å²) in [5.74, 6) is 0.346. The lowest BCUT2D eigenvalue weighted by atomic mass is 10.0. The van der Waals surface area contributed by atoms with Gasteiger partial charge in [0, 0.05) is 6.20 Å². The minimum Gasteiger partial charge on any atom is -0.384 e. The van der Waals surface area contributed by atoms with E-state index in [9.17, 15) is 4.39 Å². The predicted molar refractivity (Wildman–Crippen MR) is 62.6 cm³/mol. The van der Waals surface area contributed by atoms with E-state index < -0.39 is 0 Å². The third-order valence-electron chi connectivity index (χ3n) is 2.48. The molecule has 82 valence electrons. The number of aryl methyl sites for hydroxylation is 1. The molecule has 0 saturated carbocycles. The van der Waals surface area contributed by atoms with Crippen molar-refractivity contribution < 1.29 is 4.39 Å². The van der Waals surface area contributed by atoms with Crippen LogP contribution >= 0.6 is 0 Å². The van der Waals surface area contributed by atoms with Gasteiger partial charge in [-0.05, 0) is 42.2 Å². The van der Waals surface area contributed by atoms with Gasteiger partial charge in [0.05, 0.1) is 0 Å². The highest BCUT2D eigenvalue weighted by atomic mass is 19.1. The third kappa shape index (κ3) is 2.37. The Hall–Kier alpha value is -1.90. The summed E-state index contributed by atoms with van der Waals surface area (Å²) in [5.41, 5.74) is 8.31. The van der Waals surface area contributed by atoms with Crippen molar-refractivity contribution in [2.75, 3.05) is 5.73 Å². The summed E-state index contributed by atoms with van der Waals surface area (Å²) >= 11 is 0. The maximum atomic E-state index is 13.1. The summed E-state index contributed by atoms with van der Waals surface area (Å²) in [7, 11) is 0. The molecule has 0 radical (unpaired) electrons. The van der Waals surface area contributed by atoms with Gasteiger partial charge in [0.1, 0.15) is 11.6 Å². The Morgan fingerprint density at radius 1 is 1.19 bits per heavy atom. The van der Waals surface area contributed by atoms with Gasteiger partial charge in [-0.1, -0.05) is 18.2 Å². The number of anilines is 1. The van der Waals surface area contributed by atoms with E-state index in [1.54, 1.807) is 25.3 Å². The van der Waals surface area contributed by atoms with Gasteiger partial charge >= 0.3 is 0 Å². The summed E-state index contributed by atoms with van der Waals surface area (Å²) in [6.45, 7) is 1.76. The highest BCUT2D eigenvalue weighted by Gasteiger charge is 2.00. The van der Waals surface area contributed by atoms with Crippen molar-refractivity contribution in [1.29, 1.82) is 0 Å². The molecular formula is C13H13FN2. The Morgan fingerprint density at radius 3 is 2.56 bits per heavy atom. The Balaban J connectivity index is 2.20. The van der Waals surface area contributed by atoms with E-state index in [2.05, 4.69) is 4.98 Å². The van der Waals surface area contributed by atoms with E-state index in [-0.39, 0.29) is 5.82 Å². The fraction of sp³-hybridized carbons (Fsp3) is 0.154. The average molecular weight is 216 g/mol. The van der Waals surface area contributed by atoms with Gasteiger partial charge in [0.15, 0.2) is 0 Å². The predicted octanol–water partition coefficient (Wildman–Crippen LogP) is 2.70. The second-order valence-electron chi connectivity index (χ2n) is 3.85. The summed E-state index contributed by atoms with van der Waals surface area (Å²) in [6.07, 6.45) is 2.49. The lowest BCUT2D eigenvalue weighted by Gasteiger charge is -2.04. The zero-order chi connectivity index (χ0) is 11.5. The first-order valence-electron chi connectivity index (χ1n) is 5.10. The number of hydrogen-bond acceptors (Lipinski definition) is 2. The van der Waals surface area contributed by atoms with Crippen LogP contribution in [-0.2, 0) is 6.42 Å². The lowest BCUT2D eigenvalue weighted by Crippen LogP contribution is -1.94. The number of nitrogens with two attached hydrogens (primary N) is 1. The first-order valence-corrected chi connectivity index (χ1v) is 5.10. The quantitative estimate of drug-likeness (QED) is 0.838. The molecule has 2 aromatic rings. The van der Waals surface area contributed by atoms with Crippen molar-refractivity contribution in [1.82, 2.24) is 4.98 Å². The van der Waals surface area contributed by atoms with Crippen LogP contribution in [0.5, 0.6) is 0 Å². The molecule has 1 aromatic heterocycles. The molecule has 2 rings (SSSR count). The number of pyridine rings is 1. The van der Waals surface area contributed by atoms with E-state index in [1.807, 2.05) is 12.1 Å². The maximum Gasteiger partial charge on any atom is 0.126 e. The van der Waals surface area contributed by atoms with Gasteiger partial charge in [-0.15, -0.1) is 0 Å². The van der Waals surface area contributed by atoms with Crippen molar-refractivity contribution >= 4 is 5.82 Å². The van der Waals surface area contributed by atoms with E-state index >= 15 is 0 Å². The van der Waals surface area contributed by atoms with Crippen molar-refractivity contribution in [3.63, 3.8) is 0 Å². The van der Waals surface area contributed by atoms with E-state index in [0.29, 0.717) is 11.4 Å². The molecule has 0 amide bonds. The monoisotopic (exact) mass is 216 g/mol. The molecule has 1 heterocycles. The van der Waals surface area contributed by atoms with E-state index in [0.717, 1.165) is 17.5 Å². The molecule has 0 fully saturated rings. The fourth-order valence-corrected chi connectivity index (χ4v) is 1.59. The highest BCUT2D eigenvalue weighted by Crippen LogP contribution is 2.13. The van der Waals surface area contributed by atoms with Crippen molar-refractivity contribution in [3.05, 3.63) is 59.0 Å². The molecule has 0 atom stereocenters. The van der Waals surface area contributed by atoms with Gasteiger partial charge in [0.2, 0.25) is 0 Å². The van der Waals surface area contributed by atoms with Gasteiger partial charge < -0.3 is 5.73 Å². The van der Waals surface area contributed by atoms with Crippen LogP contribution in [0.3, 0.4) is 0 Å². The molecule has 1 aromatic carbocycles. The topological polar surface area (TPSA) is 38.9 Å². The first kappa shape index (κ1) is 10.6. The number of rotatable bonds is 2. The Bertz CT molecular complexity index is 492. The Labute approximate surface area is 93.9 Å². The van der Waals surface area contributed by atoms with Crippen LogP contribution in [0, 0.1) is 12.7 Å². The molecule has 3 heteroatoms. The zero-order valence-electron chi connectivity index (χ0n) is 9.07. The number of nitrogen functional groups attached to an aromatic ring is 1. The van der Waals surface area contributed by atoms with Crippen LogP contribution in [0.2, 0.25) is 0 Å². The van der Waals surface area contributed by atoms with Crippen LogP contribution in [0.25, 0.3) is 0 Å². The average Bonchev–Trinajstić information content (AvgIpc) is 2.27. The number of hydrogen-bond donors (Lipinski definition) is 1. The lowest BCUT2D eigenvalue weighted by molar-refractivity contribution is 0.618. The summed E-state index contributed by atoms with van der Waals surface area (Å²) < 4.78 is 13.1. The largest absolute Gasteiger partial charge is 0.384 e. The molecule has 2 N–H and O–H groups in total. The van der Waals surface area contributed by atoms with E-state index in [1.165, 1.54) is 6.07 Å². The van der Waals surface area contributed by atoms with Crippen LogP contribution in [0.1, 0.15) is 16.7 Å².